The van der Waals surface area contributed by atoms with E-state index in [9.17, 15) is 0 Å². The third kappa shape index (κ3) is 4.36. The van der Waals surface area contributed by atoms with Gasteiger partial charge in [0.15, 0.2) is 0 Å². The zero-order valence-corrected chi connectivity index (χ0v) is 27.9. The van der Waals surface area contributed by atoms with Crippen LogP contribution in [-0.2, 0) is 5.41 Å². The fraction of sp³-hybridized carbons (Fsp3) is 0.0204. The first-order chi connectivity index (χ1) is 25.3. The molecule has 0 atom stereocenters. The standard InChI is InChI=1S/C49H33NO/c1-3-18-34(19-4-1)36-22-8-13-29-43(36)50(44-30-14-9-23-37(44)35-20-5-2-6-21-35)45-31-17-28-42-48(45)38-24-7-10-25-39(38)49(42)40-26-11-15-32-46(40)51-47-33-16-12-27-41(47)49/h1-33H. The molecule has 240 valence electrons. The Balaban J connectivity index is 1.33. The highest BCUT2D eigenvalue weighted by molar-refractivity contribution is 6.02. The molecule has 1 aliphatic carbocycles. The number of anilines is 3. The Morgan fingerprint density at radius 1 is 0.314 bits per heavy atom. The SMILES string of the molecule is c1ccc(-c2ccccc2N(c2ccccc2-c2ccccc2)c2cccc3c2-c2ccccc2C32c3ccccc3Oc3ccccc32)cc1. The van der Waals surface area contributed by atoms with Crippen molar-refractivity contribution in [2.24, 2.45) is 0 Å². The van der Waals surface area contributed by atoms with Crippen molar-refractivity contribution in [1.29, 1.82) is 0 Å². The van der Waals surface area contributed by atoms with Gasteiger partial charge in [0.05, 0.1) is 22.5 Å². The summed E-state index contributed by atoms with van der Waals surface area (Å²) in [7, 11) is 0. The highest BCUT2D eigenvalue weighted by Gasteiger charge is 2.51. The molecule has 1 aliphatic heterocycles. The Bertz CT molecular complexity index is 2440. The first-order valence-electron chi connectivity index (χ1n) is 17.5. The minimum atomic E-state index is -0.559. The van der Waals surface area contributed by atoms with Gasteiger partial charge in [0.2, 0.25) is 0 Å². The van der Waals surface area contributed by atoms with E-state index in [4.69, 9.17) is 4.74 Å². The number of nitrogens with zero attached hydrogens (tertiary/aromatic N) is 1. The summed E-state index contributed by atoms with van der Waals surface area (Å²) in [5.74, 6) is 1.79. The molecule has 0 N–H and O–H groups in total. The molecule has 2 heteroatoms. The maximum absolute atomic E-state index is 6.63. The molecule has 0 amide bonds. The maximum atomic E-state index is 6.63. The number of hydrogen-bond acceptors (Lipinski definition) is 2. The minimum Gasteiger partial charge on any atom is -0.457 e. The van der Waals surface area contributed by atoms with E-state index in [0.717, 1.165) is 39.7 Å². The zero-order valence-electron chi connectivity index (χ0n) is 27.9. The number of ether oxygens (including phenoxy) is 1. The Morgan fingerprint density at radius 3 is 1.29 bits per heavy atom. The molecule has 2 nitrogen and oxygen atoms in total. The Kier molecular flexibility index (Phi) is 6.75. The molecule has 1 heterocycles. The molecule has 51 heavy (non-hydrogen) atoms. The lowest BCUT2D eigenvalue weighted by Gasteiger charge is -2.39. The van der Waals surface area contributed by atoms with E-state index in [1.54, 1.807) is 0 Å². The van der Waals surface area contributed by atoms with E-state index >= 15 is 0 Å². The monoisotopic (exact) mass is 651 g/mol. The van der Waals surface area contributed by atoms with Crippen LogP contribution in [0.1, 0.15) is 22.3 Å². The fourth-order valence-corrected chi connectivity index (χ4v) is 8.52. The molecule has 10 rings (SSSR count). The molecule has 0 saturated heterocycles. The van der Waals surface area contributed by atoms with Gasteiger partial charge in [-0.15, -0.1) is 0 Å². The predicted molar refractivity (Wildman–Crippen MR) is 209 cm³/mol. The summed E-state index contributed by atoms with van der Waals surface area (Å²) in [5, 5.41) is 0. The average Bonchev–Trinajstić information content (AvgIpc) is 3.50. The molecule has 0 aromatic heterocycles. The lowest BCUT2D eigenvalue weighted by Crippen LogP contribution is -2.32. The highest BCUT2D eigenvalue weighted by atomic mass is 16.5. The van der Waals surface area contributed by atoms with E-state index in [0.29, 0.717) is 0 Å². The number of hydrogen-bond donors (Lipinski definition) is 0. The van der Waals surface area contributed by atoms with Crippen molar-refractivity contribution in [2.45, 2.75) is 5.41 Å². The van der Waals surface area contributed by atoms with Gasteiger partial charge in [-0.05, 0) is 58.1 Å². The van der Waals surface area contributed by atoms with E-state index < -0.39 is 5.41 Å². The van der Waals surface area contributed by atoms with Gasteiger partial charge in [0, 0.05) is 27.8 Å². The second-order valence-corrected chi connectivity index (χ2v) is 13.2. The molecule has 2 aliphatic rings. The second-order valence-electron chi connectivity index (χ2n) is 13.2. The summed E-state index contributed by atoms with van der Waals surface area (Å²) in [6.45, 7) is 0. The molecule has 1 spiro atoms. The van der Waals surface area contributed by atoms with Crippen molar-refractivity contribution in [1.82, 2.24) is 0 Å². The van der Waals surface area contributed by atoms with Crippen molar-refractivity contribution in [3.05, 3.63) is 222 Å². The van der Waals surface area contributed by atoms with Gasteiger partial charge >= 0.3 is 0 Å². The lowest BCUT2D eigenvalue weighted by molar-refractivity contribution is 0.436. The fourth-order valence-electron chi connectivity index (χ4n) is 8.52. The smallest absolute Gasteiger partial charge is 0.132 e. The number of para-hydroxylation sites is 4. The molecule has 0 fully saturated rings. The van der Waals surface area contributed by atoms with Crippen LogP contribution in [0, 0.1) is 0 Å². The summed E-state index contributed by atoms with van der Waals surface area (Å²) >= 11 is 0. The Labute approximate surface area is 298 Å². The topological polar surface area (TPSA) is 12.5 Å². The van der Waals surface area contributed by atoms with Gasteiger partial charge in [0.25, 0.3) is 0 Å². The van der Waals surface area contributed by atoms with Crippen LogP contribution in [0.15, 0.2) is 200 Å². The van der Waals surface area contributed by atoms with Gasteiger partial charge in [-0.25, -0.2) is 0 Å². The Hall–Kier alpha value is -6.64. The van der Waals surface area contributed by atoms with Crippen molar-refractivity contribution in [2.75, 3.05) is 4.90 Å². The van der Waals surface area contributed by atoms with Crippen LogP contribution in [0.2, 0.25) is 0 Å². The van der Waals surface area contributed by atoms with Gasteiger partial charge in [-0.2, -0.15) is 0 Å². The quantitative estimate of drug-likeness (QED) is 0.184. The van der Waals surface area contributed by atoms with Crippen LogP contribution in [-0.4, -0.2) is 0 Å². The summed E-state index contributed by atoms with van der Waals surface area (Å²) < 4.78 is 6.63. The number of benzene rings is 8. The van der Waals surface area contributed by atoms with Crippen molar-refractivity contribution >= 4 is 17.1 Å². The number of fused-ring (bicyclic) bond motifs is 9. The van der Waals surface area contributed by atoms with Gasteiger partial charge in [0.1, 0.15) is 11.5 Å². The first kappa shape index (κ1) is 29.3. The lowest BCUT2D eigenvalue weighted by atomic mass is 9.66. The van der Waals surface area contributed by atoms with E-state index in [-0.39, 0.29) is 0 Å². The van der Waals surface area contributed by atoms with E-state index in [1.807, 2.05) is 0 Å². The van der Waals surface area contributed by atoms with Gasteiger partial charge in [-0.3, -0.25) is 0 Å². The molecular weight excluding hydrogens is 619 g/mol. The normalized spacial score (nSPS) is 13.0. The highest BCUT2D eigenvalue weighted by Crippen LogP contribution is 2.64. The molecule has 8 aromatic rings. The molecule has 8 aromatic carbocycles. The summed E-state index contributed by atoms with van der Waals surface area (Å²) in [6.07, 6.45) is 0. The van der Waals surface area contributed by atoms with Gasteiger partial charge < -0.3 is 9.64 Å². The Morgan fingerprint density at radius 2 is 0.725 bits per heavy atom. The molecule has 0 radical (unpaired) electrons. The molecule has 0 bridgehead atoms. The van der Waals surface area contributed by atoms with Crippen LogP contribution in [0.3, 0.4) is 0 Å². The van der Waals surface area contributed by atoms with Crippen molar-refractivity contribution < 1.29 is 4.74 Å². The largest absolute Gasteiger partial charge is 0.457 e. The molecular formula is C49H33NO. The molecule has 0 saturated carbocycles. The van der Waals surface area contributed by atoms with Crippen LogP contribution >= 0.6 is 0 Å². The van der Waals surface area contributed by atoms with Crippen LogP contribution < -0.4 is 9.64 Å². The van der Waals surface area contributed by atoms with E-state index in [1.165, 1.54) is 44.5 Å². The van der Waals surface area contributed by atoms with E-state index in [2.05, 4.69) is 205 Å². The minimum absolute atomic E-state index is 0.559. The van der Waals surface area contributed by atoms with Crippen LogP contribution in [0.25, 0.3) is 33.4 Å². The third-order valence-corrected chi connectivity index (χ3v) is 10.5. The first-order valence-corrected chi connectivity index (χ1v) is 17.5. The predicted octanol–water partition coefficient (Wildman–Crippen LogP) is 13.0. The average molecular weight is 652 g/mol. The zero-order chi connectivity index (χ0) is 33.8. The van der Waals surface area contributed by atoms with Crippen LogP contribution in [0.4, 0.5) is 17.1 Å². The number of rotatable bonds is 5. The van der Waals surface area contributed by atoms with Crippen molar-refractivity contribution in [3.8, 4) is 44.9 Å². The second kappa shape index (κ2) is 11.8. The van der Waals surface area contributed by atoms with Gasteiger partial charge in [-0.1, -0.05) is 170 Å². The summed E-state index contributed by atoms with van der Waals surface area (Å²) in [5.41, 5.74) is 14.8. The third-order valence-electron chi connectivity index (χ3n) is 10.5. The van der Waals surface area contributed by atoms with Crippen molar-refractivity contribution in [3.63, 3.8) is 0 Å². The van der Waals surface area contributed by atoms with Crippen LogP contribution in [0.5, 0.6) is 11.5 Å². The summed E-state index contributed by atoms with van der Waals surface area (Å²) in [4.78, 5) is 2.50. The maximum Gasteiger partial charge on any atom is 0.132 e. The summed E-state index contributed by atoms with van der Waals surface area (Å²) in [6, 6.07) is 72.1. The molecule has 0 unspecified atom stereocenters.